The molecule has 2 fully saturated rings. The molecule has 3 aromatic heterocycles. The van der Waals surface area contributed by atoms with Crippen molar-refractivity contribution in [1.82, 2.24) is 25.4 Å². The molecular formula is C26H30N6O3S. The van der Waals surface area contributed by atoms with Crippen molar-refractivity contribution in [2.45, 2.75) is 69.8 Å². The fraction of sp³-hybridized carbons (Fsp3) is 0.500. The van der Waals surface area contributed by atoms with Crippen LogP contribution in [0.3, 0.4) is 0 Å². The molecule has 36 heavy (non-hydrogen) atoms. The second-order valence-electron chi connectivity index (χ2n) is 9.64. The lowest BCUT2D eigenvalue weighted by atomic mass is 9.99. The fourth-order valence-electron chi connectivity index (χ4n) is 4.97. The third kappa shape index (κ3) is 6.76. The SMILES string of the molecule is O=C(Cc1ccccn1)Cc1ccc(C[C@@H]2CC[C@H](c3nnc(NC(=O)C[C@H]4CCCO4)s3)C2)nn1. The third-order valence-electron chi connectivity index (χ3n) is 6.77. The molecule has 1 saturated heterocycles. The zero-order valence-electron chi connectivity index (χ0n) is 20.1. The highest BCUT2D eigenvalue weighted by Gasteiger charge is 2.29. The number of ketones is 1. The Morgan fingerprint density at radius 2 is 1.83 bits per heavy atom. The van der Waals surface area contributed by atoms with E-state index in [1.807, 2.05) is 30.3 Å². The Morgan fingerprint density at radius 3 is 2.61 bits per heavy atom. The minimum absolute atomic E-state index is 0.0252. The van der Waals surface area contributed by atoms with Gasteiger partial charge in [-0.05, 0) is 68.7 Å². The summed E-state index contributed by atoms with van der Waals surface area (Å²) in [4.78, 5) is 28.7. The van der Waals surface area contributed by atoms with Gasteiger partial charge in [-0.25, -0.2) is 0 Å². The first-order chi connectivity index (χ1) is 17.6. The van der Waals surface area contributed by atoms with Crippen LogP contribution in [0.5, 0.6) is 0 Å². The van der Waals surface area contributed by atoms with E-state index >= 15 is 0 Å². The number of ether oxygens (including phenoxy) is 1. The molecule has 1 aliphatic heterocycles. The molecule has 1 aliphatic carbocycles. The van der Waals surface area contributed by atoms with Crippen LogP contribution in [0.25, 0.3) is 0 Å². The molecule has 1 N–H and O–H groups in total. The minimum Gasteiger partial charge on any atom is -0.378 e. The van der Waals surface area contributed by atoms with Crippen LogP contribution in [0.2, 0.25) is 0 Å². The Hall–Kier alpha value is -3.11. The first kappa shape index (κ1) is 24.6. The van der Waals surface area contributed by atoms with E-state index in [0.29, 0.717) is 35.5 Å². The van der Waals surface area contributed by atoms with Crippen molar-refractivity contribution in [2.75, 3.05) is 11.9 Å². The topological polar surface area (TPSA) is 120 Å². The maximum absolute atomic E-state index is 12.3. The molecule has 0 unspecified atom stereocenters. The van der Waals surface area contributed by atoms with E-state index in [9.17, 15) is 9.59 Å². The summed E-state index contributed by atoms with van der Waals surface area (Å²) >= 11 is 1.47. The number of pyridine rings is 1. The maximum atomic E-state index is 12.3. The summed E-state index contributed by atoms with van der Waals surface area (Å²) in [5, 5.41) is 21.6. The van der Waals surface area contributed by atoms with Crippen molar-refractivity contribution in [3.8, 4) is 0 Å². The van der Waals surface area contributed by atoms with Crippen molar-refractivity contribution in [3.05, 3.63) is 58.6 Å². The van der Waals surface area contributed by atoms with E-state index < -0.39 is 0 Å². The third-order valence-corrected chi connectivity index (χ3v) is 7.77. The van der Waals surface area contributed by atoms with Gasteiger partial charge in [0.15, 0.2) is 0 Å². The zero-order valence-corrected chi connectivity index (χ0v) is 21.0. The number of nitrogens with zero attached hydrogens (tertiary/aromatic N) is 5. The van der Waals surface area contributed by atoms with Gasteiger partial charge in [-0.1, -0.05) is 17.4 Å². The summed E-state index contributed by atoms with van der Waals surface area (Å²) in [6.45, 7) is 0.742. The minimum atomic E-state index is -0.0608. The summed E-state index contributed by atoms with van der Waals surface area (Å²) in [5.74, 6) is 0.874. The monoisotopic (exact) mass is 506 g/mol. The first-order valence-corrected chi connectivity index (χ1v) is 13.4. The number of carbonyl (C=O) groups excluding carboxylic acids is 2. The summed E-state index contributed by atoms with van der Waals surface area (Å²) < 4.78 is 5.53. The van der Waals surface area contributed by atoms with Crippen molar-refractivity contribution >= 4 is 28.2 Å². The number of nitrogens with one attached hydrogen (secondary N) is 1. The van der Waals surface area contributed by atoms with Crippen LogP contribution < -0.4 is 5.32 Å². The lowest BCUT2D eigenvalue weighted by Crippen LogP contribution is -2.19. The van der Waals surface area contributed by atoms with E-state index in [1.165, 1.54) is 11.3 Å². The Balaban J connectivity index is 1.07. The molecule has 1 amide bonds. The van der Waals surface area contributed by atoms with Crippen molar-refractivity contribution < 1.29 is 14.3 Å². The second kappa shape index (κ2) is 11.7. The highest BCUT2D eigenvalue weighted by molar-refractivity contribution is 7.15. The van der Waals surface area contributed by atoms with Crippen LogP contribution in [0.1, 0.15) is 66.5 Å². The Kier molecular flexibility index (Phi) is 8.02. The van der Waals surface area contributed by atoms with E-state index in [1.54, 1.807) is 6.20 Å². The summed E-state index contributed by atoms with van der Waals surface area (Å²) in [6.07, 6.45) is 8.64. The number of Topliss-reactive ketones (excluding diaryl/α,β-unsaturated/α-hetero) is 1. The molecule has 0 spiro atoms. The molecule has 10 heteroatoms. The number of hydrogen-bond donors (Lipinski definition) is 1. The van der Waals surface area contributed by atoms with Crippen molar-refractivity contribution in [1.29, 1.82) is 0 Å². The van der Waals surface area contributed by atoms with Gasteiger partial charge in [0, 0.05) is 30.8 Å². The lowest BCUT2D eigenvalue weighted by molar-refractivity contribution is -0.119. The van der Waals surface area contributed by atoms with Gasteiger partial charge in [0.25, 0.3) is 0 Å². The van der Waals surface area contributed by atoms with Crippen molar-refractivity contribution in [3.63, 3.8) is 0 Å². The normalized spacial score (nSPS) is 21.5. The fourth-order valence-corrected chi connectivity index (χ4v) is 5.88. The van der Waals surface area contributed by atoms with Gasteiger partial charge >= 0.3 is 0 Å². The van der Waals surface area contributed by atoms with Crippen LogP contribution in [0.4, 0.5) is 5.13 Å². The molecule has 4 heterocycles. The van der Waals surface area contributed by atoms with Gasteiger partial charge in [-0.2, -0.15) is 10.2 Å². The predicted molar refractivity (Wildman–Crippen MR) is 135 cm³/mol. The Morgan fingerprint density at radius 1 is 0.972 bits per heavy atom. The molecule has 3 aromatic rings. The number of aromatic nitrogens is 5. The van der Waals surface area contributed by atoms with Crippen LogP contribution in [-0.4, -0.2) is 49.8 Å². The second-order valence-corrected chi connectivity index (χ2v) is 10.7. The zero-order chi connectivity index (χ0) is 24.7. The number of carbonyl (C=O) groups is 2. The summed E-state index contributed by atoms with van der Waals surface area (Å²) in [6, 6.07) is 9.46. The van der Waals surface area contributed by atoms with Gasteiger partial charge in [-0.15, -0.1) is 10.2 Å². The van der Waals surface area contributed by atoms with Crippen LogP contribution in [0, 0.1) is 5.92 Å². The molecule has 0 bridgehead atoms. The van der Waals surface area contributed by atoms with E-state index in [2.05, 4.69) is 30.7 Å². The summed E-state index contributed by atoms with van der Waals surface area (Å²) in [5.41, 5.74) is 2.40. The molecule has 0 radical (unpaired) electrons. The van der Waals surface area contributed by atoms with Crippen LogP contribution in [0.15, 0.2) is 36.5 Å². The molecule has 3 atom stereocenters. The van der Waals surface area contributed by atoms with Gasteiger partial charge in [-0.3, -0.25) is 14.6 Å². The quantitative estimate of drug-likeness (QED) is 0.442. The lowest BCUT2D eigenvalue weighted by Gasteiger charge is -2.09. The summed E-state index contributed by atoms with van der Waals surface area (Å²) in [7, 11) is 0. The number of hydrogen-bond acceptors (Lipinski definition) is 9. The number of anilines is 1. The standard InChI is InChI=1S/C26H30N6O3S/c33-22(14-19-4-1-2-10-27-19)15-21-9-8-20(29-30-21)13-17-6-7-18(12-17)25-31-32-26(36-25)28-24(34)16-23-5-3-11-35-23/h1-2,4,8-10,17-18,23H,3,5-7,11-16H2,(H,28,32,34)/t17-,18+,23-/m1/s1. The van der Waals surface area contributed by atoms with Gasteiger partial charge in [0.2, 0.25) is 11.0 Å². The van der Waals surface area contributed by atoms with Crippen LogP contribution >= 0.6 is 11.3 Å². The number of amides is 1. The van der Waals surface area contributed by atoms with Crippen molar-refractivity contribution in [2.24, 2.45) is 5.92 Å². The average Bonchev–Trinajstić information content (AvgIpc) is 3.64. The first-order valence-electron chi connectivity index (χ1n) is 12.6. The van der Waals surface area contributed by atoms with E-state index in [0.717, 1.165) is 61.5 Å². The molecule has 0 aromatic carbocycles. The molecule has 188 valence electrons. The Labute approximate surface area is 214 Å². The van der Waals surface area contributed by atoms with Crippen LogP contribution in [-0.2, 0) is 33.6 Å². The largest absolute Gasteiger partial charge is 0.378 e. The molecule has 2 aliphatic rings. The van der Waals surface area contributed by atoms with E-state index in [-0.39, 0.29) is 24.2 Å². The highest BCUT2D eigenvalue weighted by atomic mass is 32.1. The molecule has 9 nitrogen and oxygen atoms in total. The van der Waals surface area contributed by atoms with Gasteiger partial charge < -0.3 is 10.1 Å². The van der Waals surface area contributed by atoms with Gasteiger partial charge in [0.05, 0.1) is 30.3 Å². The smallest absolute Gasteiger partial charge is 0.228 e. The predicted octanol–water partition coefficient (Wildman–Crippen LogP) is 3.71. The molecule has 1 saturated carbocycles. The number of rotatable bonds is 10. The highest BCUT2D eigenvalue weighted by Crippen LogP contribution is 2.41. The van der Waals surface area contributed by atoms with Gasteiger partial charge in [0.1, 0.15) is 10.8 Å². The molecular weight excluding hydrogens is 476 g/mol. The Bertz CT molecular complexity index is 1160. The van der Waals surface area contributed by atoms with E-state index in [4.69, 9.17) is 4.74 Å². The maximum Gasteiger partial charge on any atom is 0.228 e. The molecule has 5 rings (SSSR count). The average molecular weight is 507 g/mol.